The number of hydrogen-bond acceptors (Lipinski definition) is 8. The summed E-state index contributed by atoms with van der Waals surface area (Å²) in [5, 5.41) is 8.85. The van der Waals surface area contributed by atoms with Crippen LogP contribution in [0.15, 0.2) is 39.8 Å². The summed E-state index contributed by atoms with van der Waals surface area (Å²) in [4.78, 5) is 34.0. The molecule has 4 aromatic rings. The first-order valence-corrected chi connectivity index (χ1v) is 12.3. The smallest absolute Gasteiger partial charge is 0.410 e. The molecule has 11 nitrogen and oxygen atoms in total. The number of aromatic amines is 1. The Morgan fingerprint density at radius 2 is 1.97 bits per heavy atom. The molecule has 3 aromatic heterocycles. The van der Waals surface area contributed by atoms with Gasteiger partial charge in [0.15, 0.2) is 5.75 Å². The standard InChI is InChI=1S/C24H24Cl2N6O5/c1-24(2,3)35-23(34)31-8-6-13(7-9-31)17-11-19(33)28-21-15(12-27-32(17)21)20-29-22(37-30-20)14-4-5-18(36-26)16(25)10-14/h4-5,10-13H,6-9H2,1-3H3,(H,28,33). The first kappa shape index (κ1) is 25.1. The van der Waals surface area contributed by atoms with Crippen LogP contribution in [0.4, 0.5) is 4.79 Å². The third kappa shape index (κ3) is 5.14. The van der Waals surface area contributed by atoms with Gasteiger partial charge in [-0.15, -0.1) is 0 Å². The van der Waals surface area contributed by atoms with Crippen molar-refractivity contribution in [2.24, 2.45) is 0 Å². The van der Waals surface area contributed by atoms with Gasteiger partial charge in [-0.2, -0.15) is 10.1 Å². The largest absolute Gasteiger partial charge is 0.444 e. The van der Waals surface area contributed by atoms with Crippen molar-refractivity contribution in [2.45, 2.75) is 45.1 Å². The molecule has 0 aliphatic carbocycles. The van der Waals surface area contributed by atoms with Crippen molar-refractivity contribution in [1.29, 1.82) is 0 Å². The average Bonchev–Trinajstić information content (AvgIpc) is 3.50. The zero-order chi connectivity index (χ0) is 26.3. The van der Waals surface area contributed by atoms with Gasteiger partial charge in [0.05, 0.1) is 22.5 Å². The Kier molecular flexibility index (Phi) is 6.59. The Hall–Kier alpha value is -3.57. The van der Waals surface area contributed by atoms with Crippen molar-refractivity contribution >= 4 is 35.2 Å². The van der Waals surface area contributed by atoms with E-state index in [0.29, 0.717) is 48.5 Å². The van der Waals surface area contributed by atoms with E-state index in [9.17, 15) is 9.59 Å². The maximum absolute atomic E-state index is 12.6. The summed E-state index contributed by atoms with van der Waals surface area (Å²) < 4.78 is 17.3. The van der Waals surface area contributed by atoms with Gasteiger partial charge < -0.3 is 23.4 Å². The number of piperidine rings is 1. The van der Waals surface area contributed by atoms with Crippen LogP contribution in [0.2, 0.25) is 5.02 Å². The van der Waals surface area contributed by atoms with Crippen LogP contribution in [-0.2, 0) is 4.74 Å². The number of aromatic nitrogens is 5. The molecule has 4 heterocycles. The summed E-state index contributed by atoms with van der Waals surface area (Å²) in [5.74, 6) is 0.815. The molecule has 0 saturated carbocycles. The molecule has 0 atom stereocenters. The van der Waals surface area contributed by atoms with Gasteiger partial charge in [-0.1, -0.05) is 16.8 Å². The lowest BCUT2D eigenvalue weighted by molar-refractivity contribution is 0.0203. The minimum atomic E-state index is -0.554. The third-order valence-electron chi connectivity index (χ3n) is 6.03. The van der Waals surface area contributed by atoms with Gasteiger partial charge in [-0.3, -0.25) is 4.79 Å². The summed E-state index contributed by atoms with van der Waals surface area (Å²) in [5.41, 5.74) is 1.46. The first-order chi connectivity index (χ1) is 17.6. The number of ether oxygens (including phenoxy) is 1. The van der Waals surface area contributed by atoms with Gasteiger partial charge >= 0.3 is 6.09 Å². The van der Waals surface area contributed by atoms with Crippen LogP contribution in [0.1, 0.15) is 45.2 Å². The molecule has 0 bridgehead atoms. The van der Waals surface area contributed by atoms with E-state index in [4.69, 9.17) is 32.7 Å². The highest BCUT2D eigenvalue weighted by molar-refractivity contribution is 6.32. The molecule has 5 rings (SSSR count). The number of benzene rings is 1. The third-order valence-corrected chi connectivity index (χ3v) is 6.49. The molecule has 1 amide bonds. The molecular weight excluding hydrogens is 523 g/mol. The highest BCUT2D eigenvalue weighted by atomic mass is 35.5. The van der Waals surface area contributed by atoms with Crippen LogP contribution in [0.5, 0.6) is 5.75 Å². The summed E-state index contributed by atoms with van der Waals surface area (Å²) in [6, 6.07) is 6.40. The Labute approximate surface area is 221 Å². The number of carbonyl (C=O) groups is 1. The molecule has 0 spiro atoms. The number of hydrogen-bond donors (Lipinski definition) is 1. The topological polar surface area (TPSA) is 128 Å². The Morgan fingerprint density at radius 1 is 1.22 bits per heavy atom. The zero-order valence-corrected chi connectivity index (χ0v) is 21.8. The minimum absolute atomic E-state index is 0.0295. The maximum atomic E-state index is 12.6. The molecule has 13 heteroatoms. The summed E-state index contributed by atoms with van der Waals surface area (Å²) >= 11 is 11.5. The number of rotatable bonds is 4. The van der Waals surface area contributed by atoms with Crippen molar-refractivity contribution in [3.8, 4) is 28.6 Å². The number of nitrogens with zero attached hydrogens (tertiary/aromatic N) is 5. The van der Waals surface area contributed by atoms with E-state index in [1.807, 2.05) is 20.8 Å². The SMILES string of the molecule is CC(C)(C)OC(=O)N1CCC(c2cc(=O)[nH]c3c(-c4noc(-c5ccc(OCl)c(Cl)c5)n4)cnn23)CC1. The monoisotopic (exact) mass is 546 g/mol. The number of fused-ring (bicyclic) bond motifs is 1. The lowest BCUT2D eigenvalue weighted by Crippen LogP contribution is -2.41. The predicted molar refractivity (Wildman–Crippen MR) is 136 cm³/mol. The van der Waals surface area contributed by atoms with Gasteiger partial charge in [0, 0.05) is 30.6 Å². The highest BCUT2D eigenvalue weighted by Crippen LogP contribution is 2.33. The molecule has 1 aromatic carbocycles. The van der Waals surface area contributed by atoms with Crippen molar-refractivity contribution in [2.75, 3.05) is 13.1 Å². The van der Waals surface area contributed by atoms with Gasteiger partial charge in [-0.05, 0) is 51.8 Å². The molecule has 1 saturated heterocycles. The van der Waals surface area contributed by atoms with E-state index in [1.54, 1.807) is 39.9 Å². The fourth-order valence-electron chi connectivity index (χ4n) is 4.30. The van der Waals surface area contributed by atoms with Crippen molar-refractivity contribution < 1.29 is 18.3 Å². The normalized spacial score (nSPS) is 14.8. The summed E-state index contributed by atoms with van der Waals surface area (Å²) in [6.07, 6.45) is 2.59. The quantitative estimate of drug-likeness (QED) is 0.377. The van der Waals surface area contributed by atoms with Crippen LogP contribution < -0.4 is 9.85 Å². The van der Waals surface area contributed by atoms with Crippen molar-refractivity contribution in [1.82, 2.24) is 29.6 Å². The maximum Gasteiger partial charge on any atom is 0.410 e. The number of carbonyl (C=O) groups excluding carboxylic acids is 1. The number of nitrogens with one attached hydrogen (secondary N) is 1. The summed E-state index contributed by atoms with van der Waals surface area (Å²) in [6.45, 7) is 6.56. The van der Waals surface area contributed by atoms with E-state index >= 15 is 0 Å². The second-order valence-corrected chi connectivity index (χ2v) is 10.3. The molecule has 37 heavy (non-hydrogen) atoms. The van der Waals surface area contributed by atoms with Crippen LogP contribution in [0.25, 0.3) is 28.5 Å². The second kappa shape index (κ2) is 9.71. The van der Waals surface area contributed by atoms with Crippen LogP contribution in [-0.4, -0.2) is 54.4 Å². The molecule has 1 N–H and O–H groups in total. The molecule has 1 fully saturated rings. The molecular formula is C24H24Cl2N6O5. The Morgan fingerprint density at radius 3 is 2.65 bits per heavy atom. The van der Waals surface area contributed by atoms with E-state index in [1.165, 1.54) is 0 Å². The molecule has 1 aliphatic heterocycles. The zero-order valence-electron chi connectivity index (χ0n) is 20.3. The van der Waals surface area contributed by atoms with E-state index in [-0.39, 0.29) is 34.3 Å². The predicted octanol–water partition coefficient (Wildman–Crippen LogP) is 5.04. The first-order valence-electron chi connectivity index (χ1n) is 11.6. The minimum Gasteiger partial charge on any atom is -0.444 e. The average molecular weight is 547 g/mol. The second-order valence-electron chi connectivity index (χ2n) is 9.76. The van der Waals surface area contributed by atoms with E-state index < -0.39 is 5.60 Å². The van der Waals surface area contributed by atoms with Gasteiger partial charge in [0.1, 0.15) is 23.1 Å². The Balaban J connectivity index is 1.40. The molecule has 0 unspecified atom stereocenters. The molecule has 1 aliphatic rings. The fourth-order valence-corrected chi connectivity index (χ4v) is 4.69. The lowest BCUT2D eigenvalue weighted by Gasteiger charge is -2.33. The van der Waals surface area contributed by atoms with Gasteiger partial charge in [0.2, 0.25) is 5.82 Å². The van der Waals surface area contributed by atoms with Crippen molar-refractivity contribution in [3.63, 3.8) is 0 Å². The number of amides is 1. The van der Waals surface area contributed by atoms with Crippen molar-refractivity contribution in [3.05, 3.63) is 51.5 Å². The van der Waals surface area contributed by atoms with Gasteiger partial charge in [0.25, 0.3) is 11.4 Å². The van der Waals surface area contributed by atoms with Crippen LogP contribution in [0.3, 0.4) is 0 Å². The van der Waals surface area contributed by atoms with Crippen LogP contribution in [0, 0.1) is 0 Å². The van der Waals surface area contributed by atoms with Crippen LogP contribution >= 0.6 is 23.5 Å². The number of H-pyrrole nitrogens is 1. The Bertz CT molecular complexity index is 1510. The van der Waals surface area contributed by atoms with E-state index in [2.05, 4.69) is 24.5 Å². The number of halogens is 2. The highest BCUT2D eigenvalue weighted by Gasteiger charge is 2.29. The molecule has 0 radical (unpaired) electrons. The number of likely N-dealkylation sites (tertiary alicyclic amines) is 1. The summed E-state index contributed by atoms with van der Waals surface area (Å²) in [7, 11) is 0. The lowest BCUT2D eigenvalue weighted by atomic mass is 9.93. The van der Waals surface area contributed by atoms with E-state index in [0.717, 1.165) is 5.69 Å². The molecule has 194 valence electrons. The van der Waals surface area contributed by atoms with Gasteiger partial charge in [-0.25, -0.2) is 9.31 Å². The fraction of sp³-hybridized carbons (Fsp3) is 0.375.